The number of aliphatic carboxylic acids is 2. The van der Waals surface area contributed by atoms with Crippen molar-refractivity contribution in [2.45, 2.75) is 19.3 Å². The van der Waals surface area contributed by atoms with Crippen LogP contribution in [0.5, 0.6) is 0 Å². The topological polar surface area (TPSA) is 128 Å². The first-order valence-electron chi connectivity index (χ1n) is 5.40. The number of carboxylic acids is 2. The predicted octanol–water partition coefficient (Wildman–Crippen LogP) is 1.25. The molecule has 102 valence electrons. The molecule has 0 fully saturated rings. The third-order valence-electron chi connectivity index (χ3n) is 2.35. The lowest BCUT2D eigenvalue weighted by Crippen LogP contribution is -2.26. The van der Waals surface area contributed by atoms with Crippen molar-refractivity contribution in [2.75, 3.05) is 6.61 Å². The van der Waals surface area contributed by atoms with E-state index in [0.29, 0.717) is 12.8 Å². The van der Waals surface area contributed by atoms with Gasteiger partial charge in [0.05, 0.1) is 6.61 Å². The maximum atomic E-state index is 10.7. The highest BCUT2D eigenvalue weighted by Crippen LogP contribution is 2.15. The monoisotopic (exact) mass is 259 g/mol. The normalized spacial score (nSPS) is 12.8. The highest BCUT2D eigenvalue weighted by atomic mass is 17.1. The Morgan fingerprint density at radius 2 is 1.83 bits per heavy atom. The molecule has 0 aromatic rings. The Bertz CT molecular complexity index is 301. The Morgan fingerprint density at radius 3 is 2.28 bits per heavy atom. The van der Waals surface area contributed by atoms with Crippen LogP contribution >= 0.6 is 0 Å². The molecule has 0 rings (SSSR count). The van der Waals surface area contributed by atoms with Crippen LogP contribution in [0.3, 0.4) is 0 Å². The van der Waals surface area contributed by atoms with Gasteiger partial charge in [0.15, 0.2) is 5.92 Å². The third kappa shape index (κ3) is 6.77. The van der Waals surface area contributed by atoms with E-state index in [2.05, 4.69) is 4.89 Å². The highest BCUT2D eigenvalue weighted by molar-refractivity contribution is 5.93. The molecule has 7 heteroatoms. The first kappa shape index (κ1) is 16.3. The molecule has 0 aliphatic carbocycles. The SMILES string of the molecule is N=CC(CC=CCCOO)CC(C(=O)O)C(=O)O. The molecule has 0 aliphatic heterocycles. The summed E-state index contributed by atoms with van der Waals surface area (Å²) < 4.78 is 0. The van der Waals surface area contributed by atoms with Gasteiger partial charge in [0.25, 0.3) is 0 Å². The van der Waals surface area contributed by atoms with Crippen LogP contribution in [0.1, 0.15) is 19.3 Å². The van der Waals surface area contributed by atoms with Crippen molar-refractivity contribution >= 4 is 18.2 Å². The molecule has 0 aromatic carbocycles. The molecule has 1 unspecified atom stereocenters. The van der Waals surface area contributed by atoms with Crippen LogP contribution in [0.25, 0.3) is 0 Å². The predicted molar refractivity (Wildman–Crippen MR) is 62.6 cm³/mol. The minimum absolute atomic E-state index is 0.116. The fourth-order valence-electron chi connectivity index (χ4n) is 1.35. The molecule has 4 N–H and O–H groups in total. The standard InChI is InChI=1S/C11H17NO6/c12-7-8(4-2-1-3-5-18-17)6-9(10(13)14)11(15)16/h1-2,7-9,12,17H,3-6H2,(H,13,14)(H,15,16). The number of rotatable bonds is 10. The second kappa shape index (κ2) is 9.32. The van der Waals surface area contributed by atoms with E-state index in [1.165, 1.54) is 0 Å². The van der Waals surface area contributed by atoms with Gasteiger partial charge in [-0.1, -0.05) is 12.2 Å². The van der Waals surface area contributed by atoms with Gasteiger partial charge >= 0.3 is 11.9 Å². The summed E-state index contributed by atoms with van der Waals surface area (Å²) in [7, 11) is 0. The van der Waals surface area contributed by atoms with Gasteiger partial charge in [-0.15, -0.1) is 0 Å². The molecule has 0 saturated heterocycles. The molecule has 0 bridgehead atoms. The number of allylic oxidation sites excluding steroid dienone is 1. The molecule has 0 saturated carbocycles. The number of hydrogen-bond donors (Lipinski definition) is 4. The molecule has 1 atom stereocenters. The van der Waals surface area contributed by atoms with Crippen molar-refractivity contribution in [1.82, 2.24) is 0 Å². The molecule has 0 heterocycles. The Kier molecular flexibility index (Phi) is 8.42. The number of hydrogen-bond acceptors (Lipinski definition) is 5. The van der Waals surface area contributed by atoms with Gasteiger partial charge in [-0.25, -0.2) is 4.89 Å². The molecule has 0 aromatic heterocycles. The van der Waals surface area contributed by atoms with Gasteiger partial charge < -0.3 is 15.6 Å². The van der Waals surface area contributed by atoms with Crippen molar-refractivity contribution in [3.8, 4) is 0 Å². The molecule has 7 nitrogen and oxygen atoms in total. The Labute approximate surface area is 104 Å². The van der Waals surface area contributed by atoms with Crippen LogP contribution in [0, 0.1) is 17.2 Å². The molecule has 0 radical (unpaired) electrons. The summed E-state index contributed by atoms with van der Waals surface area (Å²) in [6, 6.07) is 0. The van der Waals surface area contributed by atoms with Crippen LogP contribution in [-0.2, 0) is 14.5 Å². The number of nitrogens with one attached hydrogen (secondary N) is 1. The van der Waals surface area contributed by atoms with E-state index in [4.69, 9.17) is 20.9 Å². The van der Waals surface area contributed by atoms with Crippen LogP contribution < -0.4 is 0 Å². The highest BCUT2D eigenvalue weighted by Gasteiger charge is 2.28. The minimum Gasteiger partial charge on any atom is -0.481 e. The number of carbonyl (C=O) groups is 2. The molecule has 0 aliphatic rings. The summed E-state index contributed by atoms with van der Waals surface area (Å²) in [5.41, 5.74) is 0. The average Bonchev–Trinajstić information content (AvgIpc) is 2.31. The van der Waals surface area contributed by atoms with E-state index in [-0.39, 0.29) is 13.0 Å². The largest absolute Gasteiger partial charge is 0.481 e. The summed E-state index contributed by atoms with van der Waals surface area (Å²) in [4.78, 5) is 25.2. The lowest BCUT2D eigenvalue weighted by molar-refractivity contribution is -0.240. The van der Waals surface area contributed by atoms with Crippen molar-refractivity contribution in [1.29, 1.82) is 5.41 Å². The van der Waals surface area contributed by atoms with E-state index in [9.17, 15) is 9.59 Å². The van der Waals surface area contributed by atoms with Crippen LogP contribution in [0.15, 0.2) is 12.2 Å². The van der Waals surface area contributed by atoms with Crippen LogP contribution in [0.4, 0.5) is 0 Å². The maximum absolute atomic E-state index is 10.7. The van der Waals surface area contributed by atoms with Crippen molar-refractivity contribution < 1.29 is 29.9 Å². The van der Waals surface area contributed by atoms with E-state index in [1.807, 2.05) is 0 Å². The molecule has 18 heavy (non-hydrogen) atoms. The van der Waals surface area contributed by atoms with Gasteiger partial charge in [0.1, 0.15) is 0 Å². The van der Waals surface area contributed by atoms with Gasteiger partial charge in [-0.2, -0.15) is 0 Å². The zero-order valence-corrected chi connectivity index (χ0v) is 9.78. The van der Waals surface area contributed by atoms with Gasteiger partial charge in [0.2, 0.25) is 0 Å². The van der Waals surface area contributed by atoms with Crippen LogP contribution in [0.2, 0.25) is 0 Å². The summed E-state index contributed by atoms with van der Waals surface area (Å²) in [5, 5.41) is 32.6. The van der Waals surface area contributed by atoms with E-state index in [0.717, 1.165) is 6.21 Å². The lowest BCUT2D eigenvalue weighted by Gasteiger charge is -2.12. The smallest absolute Gasteiger partial charge is 0.317 e. The van der Waals surface area contributed by atoms with Crippen LogP contribution in [-0.4, -0.2) is 40.2 Å². The summed E-state index contributed by atoms with van der Waals surface area (Å²) in [6.45, 7) is 0.151. The Hall–Kier alpha value is -1.73. The van der Waals surface area contributed by atoms with Gasteiger partial charge in [0, 0.05) is 0 Å². The van der Waals surface area contributed by atoms with Gasteiger partial charge in [-0.3, -0.25) is 14.8 Å². The fraction of sp³-hybridized carbons (Fsp3) is 0.545. The average molecular weight is 259 g/mol. The van der Waals surface area contributed by atoms with E-state index >= 15 is 0 Å². The second-order valence-electron chi connectivity index (χ2n) is 3.72. The second-order valence-corrected chi connectivity index (χ2v) is 3.72. The molecular weight excluding hydrogens is 242 g/mol. The zero-order chi connectivity index (χ0) is 14.0. The first-order valence-corrected chi connectivity index (χ1v) is 5.40. The summed E-state index contributed by atoms with van der Waals surface area (Å²) in [6.07, 6.45) is 5.22. The quantitative estimate of drug-likeness (QED) is 0.117. The lowest BCUT2D eigenvalue weighted by atomic mass is 9.92. The maximum Gasteiger partial charge on any atom is 0.317 e. The minimum atomic E-state index is -1.49. The van der Waals surface area contributed by atoms with Crippen molar-refractivity contribution in [3.05, 3.63) is 12.2 Å². The Balaban J connectivity index is 4.24. The van der Waals surface area contributed by atoms with Gasteiger partial charge in [-0.05, 0) is 31.4 Å². The van der Waals surface area contributed by atoms with E-state index in [1.54, 1.807) is 12.2 Å². The zero-order valence-electron chi connectivity index (χ0n) is 9.78. The third-order valence-corrected chi connectivity index (χ3v) is 2.35. The first-order chi connectivity index (χ1) is 8.52. The fourth-order valence-corrected chi connectivity index (χ4v) is 1.35. The summed E-state index contributed by atoms with van der Waals surface area (Å²) >= 11 is 0. The van der Waals surface area contributed by atoms with Crippen molar-refractivity contribution in [3.63, 3.8) is 0 Å². The number of carboxylic acid groups (broad SMARTS) is 2. The Morgan fingerprint density at radius 1 is 1.22 bits per heavy atom. The molecule has 0 amide bonds. The summed E-state index contributed by atoms with van der Waals surface area (Å²) in [5.74, 6) is -4.72. The molecular formula is C11H17NO6. The van der Waals surface area contributed by atoms with Crippen molar-refractivity contribution in [2.24, 2.45) is 11.8 Å². The molecule has 0 spiro atoms. The van der Waals surface area contributed by atoms with E-state index < -0.39 is 23.8 Å².